The lowest BCUT2D eigenvalue weighted by atomic mass is 9.79. The molecule has 0 saturated carbocycles. The molecule has 4 heteroatoms. The summed E-state index contributed by atoms with van der Waals surface area (Å²) in [6, 6.07) is 12.4. The first-order chi connectivity index (χ1) is 11.6. The van der Waals surface area contributed by atoms with Gasteiger partial charge in [-0.15, -0.1) is 0 Å². The van der Waals surface area contributed by atoms with Gasteiger partial charge in [-0.3, -0.25) is 9.69 Å². The highest BCUT2D eigenvalue weighted by atomic mass is 16.3. The first-order valence-electron chi connectivity index (χ1n) is 8.84. The van der Waals surface area contributed by atoms with Crippen molar-refractivity contribution in [2.24, 2.45) is 5.92 Å². The highest BCUT2D eigenvalue weighted by molar-refractivity contribution is 5.92. The van der Waals surface area contributed by atoms with Crippen LogP contribution in [0.4, 0.5) is 0 Å². The number of nitrogens with one attached hydrogen (secondary N) is 1. The van der Waals surface area contributed by atoms with E-state index in [1.165, 1.54) is 12.8 Å². The van der Waals surface area contributed by atoms with E-state index in [1.54, 1.807) is 6.07 Å². The van der Waals surface area contributed by atoms with Crippen molar-refractivity contribution in [2.75, 3.05) is 13.1 Å². The summed E-state index contributed by atoms with van der Waals surface area (Å²) in [5.41, 5.74) is 2.18. The lowest BCUT2D eigenvalue weighted by molar-refractivity contribution is 0.0211. The van der Waals surface area contributed by atoms with E-state index < -0.39 is 0 Å². The minimum absolute atomic E-state index is 0.0968. The van der Waals surface area contributed by atoms with E-state index in [0.717, 1.165) is 30.0 Å². The number of amides is 1. The summed E-state index contributed by atoms with van der Waals surface area (Å²) in [5.74, 6) is 1.65. The van der Waals surface area contributed by atoms with Crippen LogP contribution in [-0.2, 0) is 0 Å². The molecule has 2 aromatic rings. The van der Waals surface area contributed by atoms with Crippen molar-refractivity contribution in [3.63, 3.8) is 0 Å². The smallest absolute Gasteiger partial charge is 0.287 e. The van der Waals surface area contributed by atoms with Gasteiger partial charge in [0, 0.05) is 17.6 Å². The van der Waals surface area contributed by atoms with Crippen molar-refractivity contribution >= 4 is 5.91 Å². The molecule has 2 atom stereocenters. The van der Waals surface area contributed by atoms with Crippen molar-refractivity contribution in [2.45, 2.75) is 38.8 Å². The minimum Gasteiger partial charge on any atom is -0.451 e. The Bertz CT molecular complexity index is 742. The number of piperidine rings is 3. The van der Waals surface area contributed by atoms with E-state index in [0.29, 0.717) is 17.7 Å². The molecule has 1 aromatic heterocycles. The maximum absolute atomic E-state index is 12.6. The van der Waals surface area contributed by atoms with Gasteiger partial charge in [-0.05, 0) is 63.4 Å². The Hall–Kier alpha value is -2.07. The third-order valence-electron chi connectivity index (χ3n) is 5.72. The fourth-order valence-corrected chi connectivity index (χ4v) is 4.22. The van der Waals surface area contributed by atoms with Crippen LogP contribution in [0.3, 0.4) is 0 Å². The summed E-state index contributed by atoms with van der Waals surface area (Å²) < 4.78 is 5.84. The Labute approximate surface area is 142 Å². The molecule has 1 aromatic carbocycles. The predicted octanol–water partition coefficient (Wildman–Crippen LogP) is 3.47. The molecular formula is C20H24N2O2. The average Bonchev–Trinajstić information content (AvgIpc) is 3.09. The topological polar surface area (TPSA) is 45.5 Å². The monoisotopic (exact) mass is 324 g/mol. The molecule has 4 heterocycles. The van der Waals surface area contributed by atoms with E-state index in [-0.39, 0.29) is 11.9 Å². The lowest BCUT2D eigenvalue weighted by Gasteiger charge is -2.49. The standard InChI is InChI=1S/C20H24N2O2/c1-13-5-3-4-6-16(13)17-7-8-18(24-17)20(23)21-19-14(2)22-11-9-15(19)10-12-22/h3-8,14-15,19H,9-12H2,1-2H3,(H,21,23)/t14-,19+/m1/s1. The zero-order valence-electron chi connectivity index (χ0n) is 14.3. The minimum atomic E-state index is -0.0968. The fourth-order valence-electron chi connectivity index (χ4n) is 4.22. The van der Waals surface area contributed by atoms with E-state index in [1.807, 2.05) is 37.3 Å². The maximum atomic E-state index is 12.6. The molecule has 5 rings (SSSR count). The van der Waals surface area contributed by atoms with E-state index in [4.69, 9.17) is 4.42 Å². The first-order valence-corrected chi connectivity index (χ1v) is 8.84. The van der Waals surface area contributed by atoms with Crippen LogP contribution >= 0.6 is 0 Å². The van der Waals surface area contributed by atoms with Gasteiger partial charge in [0.05, 0.1) is 0 Å². The van der Waals surface area contributed by atoms with Gasteiger partial charge in [0.15, 0.2) is 5.76 Å². The van der Waals surface area contributed by atoms with Crippen molar-refractivity contribution in [1.29, 1.82) is 0 Å². The number of aryl methyl sites for hydroxylation is 1. The van der Waals surface area contributed by atoms with Gasteiger partial charge in [-0.1, -0.05) is 24.3 Å². The summed E-state index contributed by atoms with van der Waals surface area (Å²) in [5, 5.41) is 3.22. The van der Waals surface area contributed by atoms with Crippen molar-refractivity contribution in [3.8, 4) is 11.3 Å². The molecule has 0 aliphatic carbocycles. The van der Waals surface area contributed by atoms with Crippen LogP contribution < -0.4 is 5.32 Å². The second-order valence-corrected chi connectivity index (χ2v) is 7.09. The van der Waals surface area contributed by atoms with Gasteiger partial charge in [-0.25, -0.2) is 0 Å². The number of rotatable bonds is 3. The Balaban J connectivity index is 1.51. The van der Waals surface area contributed by atoms with Crippen LogP contribution in [0.15, 0.2) is 40.8 Å². The number of carbonyl (C=O) groups is 1. The zero-order valence-corrected chi connectivity index (χ0v) is 14.3. The van der Waals surface area contributed by atoms with Crippen molar-refractivity contribution in [3.05, 3.63) is 47.7 Å². The van der Waals surface area contributed by atoms with Crippen LogP contribution in [0, 0.1) is 12.8 Å². The van der Waals surface area contributed by atoms with Gasteiger partial charge in [0.25, 0.3) is 5.91 Å². The third-order valence-corrected chi connectivity index (χ3v) is 5.72. The number of furan rings is 1. The van der Waals surface area contributed by atoms with Gasteiger partial charge in [0.1, 0.15) is 5.76 Å². The van der Waals surface area contributed by atoms with E-state index in [9.17, 15) is 4.79 Å². The highest BCUT2D eigenvalue weighted by Gasteiger charge is 2.40. The molecule has 0 radical (unpaired) electrons. The van der Waals surface area contributed by atoms with Gasteiger partial charge >= 0.3 is 0 Å². The van der Waals surface area contributed by atoms with Gasteiger partial charge < -0.3 is 9.73 Å². The molecule has 4 nitrogen and oxygen atoms in total. The second kappa shape index (κ2) is 6.10. The number of carbonyl (C=O) groups excluding carboxylic acids is 1. The molecule has 0 spiro atoms. The van der Waals surface area contributed by atoms with Crippen LogP contribution in [0.5, 0.6) is 0 Å². The average molecular weight is 324 g/mol. The second-order valence-electron chi connectivity index (χ2n) is 7.09. The number of nitrogens with zero attached hydrogens (tertiary/aromatic N) is 1. The van der Waals surface area contributed by atoms with E-state index >= 15 is 0 Å². The molecule has 3 aliphatic rings. The summed E-state index contributed by atoms with van der Waals surface area (Å²) in [6.07, 6.45) is 2.36. The molecule has 3 fully saturated rings. The Kier molecular flexibility index (Phi) is 3.93. The van der Waals surface area contributed by atoms with Crippen LogP contribution in [0.2, 0.25) is 0 Å². The highest BCUT2D eigenvalue weighted by Crippen LogP contribution is 2.32. The molecule has 1 N–H and O–H groups in total. The normalized spacial score (nSPS) is 28.8. The van der Waals surface area contributed by atoms with Crippen molar-refractivity contribution in [1.82, 2.24) is 10.2 Å². The molecular weight excluding hydrogens is 300 g/mol. The molecule has 3 saturated heterocycles. The molecule has 0 unspecified atom stereocenters. The van der Waals surface area contributed by atoms with Crippen LogP contribution in [0.25, 0.3) is 11.3 Å². The molecule has 126 valence electrons. The number of hydrogen-bond acceptors (Lipinski definition) is 3. The van der Waals surface area contributed by atoms with Gasteiger partial charge in [-0.2, -0.15) is 0 Å². The number of fused-ring (bicyclic) bond motifs is 3. The maximum Gasteiger partial charge on any atom is 0.287 e. The first kappa shape index (κ1) is 15.5. The Morgan fingerprint density at radius 3 is 2.62 bits per heavy atom. The van der Waals surface area contributed by atoms with Crippen LogP contribution in [-0.4, -0.2) is 36.0 Å². The lowest BCUT2D eigenvalue weighted by Crippen LogP contribution is -2.62. The number of benzene rings is 1. The Morgan fingerprint density at radius 2 is 1.92 bits per heavy atom. The summed E-state index contributed by atoms with van der Waals surface area (Å²) in [7, 11) is 0. The summed E-state index contributed by atoms with van der Waals surface area (Å²) >= 11 is 0. The molecule has 2 bridgehead atoms. The Morgan fingerprint density at radius 1 is 1.17 bits per heavy atom. The predicted molar refractivity (Wildman–Crippen MR) is 93.9 cm³/mol. The summed E-state index contributed by atoms with van der Waals surface area (Å²) in [6.45, 7) is 6.59. The molecule has 1 amide bonds. The van der Waals surface area contributed by atoms with Crippen molar-refractivity contribution < 1.29 is 9.21 Å². The summed E-state index contributed by atoms with van der Waals surface area (Å²) in [4.78, 5) is 15.1. The SMILES string of the molecule is Cc1ccccc1-c1ccc(C(=O)N[C@@H]2C3CCN(CC3)[C@@H]2C)o1. The third kappa shape index (κ3) is 2.65. The van der Waals surface area contributed by atoms with Crippen LogP contribution in [0.1, 0.15) is 35.9 Å². The number of hydrogen-bond donors (Lipinski definition) is 1. The quantitative estimate of drug-likeness (QED) is 0.940. The fraction of sp³-hybridized carbons (Fsp3) is 0.450. The largest absolute Gasteiger partial charge is 0.451 e. The molecule has 24 heavy (non-hydrogen) atoms. The van der Waals surface area contributed by atoms with Gasteiger partial charge in [0.2, 0.25) is 0 Å². The molecule has 3 aliphatic heterocycles. The zero-order chi connectivity index (χ0) is 16.7. The van der Waals surface area contributed by atoms with E-state index in [2.05, 4.69) is 17.1 Å².